The van der Waals surface area contributed by atoms with Crippen molar-refractivity contribution in [2.45, 2.75) is 26.0 Å². The van der Waals surface area contributed by atoms with Crippen molar-refractivity contribution in [3.05, 3.63) is 58.7 Å². The highest BCUT2D eigenvalue weighted by molar-refractivity contribution is 7.87. The van der Waals surface area contributed by atoms with Crippen LogP contribution in [0.5, 0.6) is 11.5 Å². The number of alkyl halides is 2. The molecular formula is C18H16F2O7S. The lowest BCUT2D eigenvalue weighted by Gasteiger charge is -2.12. The molecule has 0 saturated carbocycles. The Labute approximate surface area is 159 Å². The van der Waals surface area contributed by atoms with Gasteiger partial charge < -0.3 is 9.47 Å². The number of hydrogen-bond acceptors (Lipinski definition) is 6. The van der Waals surface area contributed by atoms with Crippen molar-refractivity contribution >= 4 is 22.1 Å². The van der Waals surface area contributed by atoms with Crippen LogP contribution in [0.2, 0.25) is 0 Å². The minimum atomic E-state index is -5.96. The molecule has 0 amide bonds. The number of halogens is 2. The summed E-state index contributed by atoms with van der Waals surface area (Å²) in [6, 6.07) is 7.97. The van der Waals surface area contributed by atoms with Crippen LogP contribution >= 0.6 is 0 Å². The van der Waals surface area contributed by atoms with E-state index in [0.717, 1.165) is 28.8 Å². The van der Waals surface area contributed by atoms with Crippen LogP contribution < -0.4 is 9.47 Å². The molecule has 2 aromatic carbocycles. The van der Waals surface area contributed by atoms with Crippen molar-refractivity contribution in [1.29, 1.82) is 0 Å². The van der Waals surface area contributed by atoms with Gasteiger partial charge in [0.2, 0.25) is 0 Å². The predicted octanol–water partition coefficient (Wildman–Crippen LogP) is 3.22. The van der Waals surface area contributed by atoms with E-state index in [1.54, 1.807) is 13.0 Å². The fourth-order valence-electron chi connectivity index (χ4n) is 2.26. The normalized spacial score (nSPS) is 11.8. The average Bonchev–Trinajstić information content (AvgIpc) is 2.58. The van der Waals surface area contributed by atoms with Crippen LogP contribution in [0.1, 0.15) is 27.0 Å². The van der Waals surface area contributed by atoms with Gasteiger partial charge in [-0.25, -0.2) is 9.59 Å². The maximum Gasteiger partial charge on any atom is 0.466 e. The van der Waals surface area contributed by atoms with E-state index in [9.17, 15) is 26.8 Å². The van der Waals surface area contributed by atoms with Gasteiger partial charge in [-0.3, -0.25) is 4.55 Å². The topological polar surface area (TPSA) is 107 Å². The number of rotatable bonds is 5. The standard InChI is InChI=1S/C18H16F2O7S/c1-10-8-11(2)12(3)15(9-10)16(21)26-13-4-6-14(7-5-13)27-17(22)18(19,20)28(23,24)25/h4-9H,1-3H3,(H,23,24,25). The van der Waals surface area contributed by atoms with Crippen molar-refractivity contribution < 1.29 is 40.8 Å². The summed E-state index contributed by atoms with van der Waals surface area (Å²) in [5.41, 5.74) is 2.89. The summed E-state index contributed by atoms with van der Waals surface area (Å²) >= 11 is 0. The van der Waals surface area contributed by atoms with Gasteiger partial charge in [0.25, 0.3) is 0 Å². The van der Waals surface area contributed by atoms with Gasteiger partial charge in [-0.15, -0.1) is 0 Å². The van der Waals surface area contributed by atoms with Crippen LogP contribution in [0.25, 0.3) is 0 Å². The zero-order valence-electron chi connectivity index (χ0n) is 15.0. The summed E-state index contributed by atoms with van der Waals surface area (Å²) in [6.07, 6.45) is 0. The van der Waals surface area contributed by atoms with Gasteiger partial charge in [0.15, 0.2) is 0 Å². The Kier molecular flexibility index (Phi) is 5.86. The molecule has 150 valence electrons. The number of benzene rings is 2. The van der Waals surface area contributed by atoms with E-state index in [-0.39, 0.29) is 5.75 Å². The van der Waals surface area contributed by atoms with E-state index < -0.39 is 33.1 Å². The largest absolute Gasteiger partial charge is 0.466 e. The quantitative estimate of drug-likeness (QED) is 0.455. The minimum absolute atomic E-state index is 0.0462. The van der Waals surface area contributed by atoms with Crippen molar-refractivity contribution in [1.82, 2.24) is 0 Å². The van der Waals surface area contributed by atoms with Gasteiger partial charge in [0.1, 0.15) is 11.5 Å². The summed E-state index contributed by atoms with van der Waals surface area (Å²) in [7, 11) is -5.96. The van der Waals surface area contributed by atoms with Crippen LogP contribution in [-0.4, -0.2) is 30.2 Å². The molecule has 0 aliphatic carbocycles. The molecule has 0 spiro atoms. The average molecular weight is 414 g/mol. The van der Waals surface area contributed by atoms with E-state index in [0.29, 0.717) is 5.56 Å². The second-order valence-corrected chi connectivity index (χ2v) is 7.46. The highest BCUT2D eigenvalue weighted by Crippen LogP contribution is 2.26. The first-order chi connectivity index (χ1) is 12.8. The third kappa shape index (κ3) is 4.52. The Bertz CT molecular complexity index is 1030. The molecule has 0 saturated heterocycles. The highest BCUT2D eigenvalue weighted by Gasteiger charge is 2.54. The molecule has 0 heterocycles. The number of hydrogen-bond donors (Lipinski definition) is 1. The molecule has 10 heteroatoms. The van der Waals surface area contributed by atoms with Gasteiger partial charge in [0, 0.05) is 0 Å². The molecule has 0 radical (unpaired) electrons. The third-order valence-corrected chi connectivity index (χ3v) is 4.65. The summed E-state index contributed by atoms with van der Waals surface area (Å²) in [6.45, 7) is 5.45. The van der Waals surface area contributed by atoms with Gasteiger partial charge >= 0.3 is 27.3 Å². The fraction of sp³-hybridized carbons (Fsp3) is 0.222. The monoisotopic (exact) mass is 414 g/mol. The first kappa shape index (κ1) is 21.5. The molecule has 0 atom stereocenters. The Morgan fingerprint density at radius 3 is 1.96 bits per heavy atom. The smallest absolute Gasteiger partial charge is 0.423 e. The second-order valence-electron chi connectivity index (χ2n) is 6.00. The summed E-state index contributed by atoms with van der Waals surface area (Å²) in [5, 5.41) is -5.11. The maximum atomic E-state index is 13.2. The van der Waals surface area contributed by atoms with Crippen molar-refractivity contribution in [2.24, 2.45) is 0 Å². The number of ether oxygens (including phenoxy) is 2. The summed E-state index contributed by atoms with van der Waals surface area (Å²) in [5.74, 6) is -3.49. The predicted molar refractivity (Wildman–Crippen MR) is 94.2 cm³/mol. The van der Waals surface area contributed by atoms with Gasteiger partial charge in [-0.2, -0.15) is 17.2 Å². The van der Waals surface area contributed by atoms with E-state index in [2.05, 4.69) is 4.74 Å². The Morgan fingerprint density at radius 1 is 0.964 bits per heavy atom. The first-order valence-electron chi connectivity index (χ1n) is 7.80. The van der Waals surface area contributed by atoms with Crippen LogP contribution in [0.15, 0.2) is 36.4 Å². The molecule has 0 aliphatic rings. The summed E-state index contributed by atoms with van der Waals surface area (Å²) < 4.78 is 65.2. The lowest BCUT2D eigenvalue weighted by molar-refractivity contribution is -0.151. The van der Waals surface area contributed by atoms with Crippen molar-refractivity contribution in [3.63, 3.8) is 0 Å². The van der Waals surface area contributed by atoms with Crippen LogP contribution in [-0.2, 0) is 14.9 Å². The third-order valence-electron chi connectivity index (χ3n) is 3.84. The molecule has 0 aromatic heterocycles. The van der Waals surface area contributed by atoms with E-state index in [1.165, 1.54) is 12.1 Å². The zero-order chi connectivity index (χ0) is 21.3. The number of carbonyl (C=O) groups is 2. The first-order valence-corrected chi connectivity index (χ1v) is 9.24. The van der Waals surface area contributed by atoms with E-state index in [4.69, 9.17) is 9.29 Å². The van der Waals surface area contributed by atoms with Gasteiger partial charge in [-0.1, -0.05) is 6.07 Å². The van der Waals surface area contributed by atoms with Crippen molar-refractivity contribution in [3.8, 4) is 11.5 Å². The maximum absolute atomic E-state index is 13.2. The van der Waals surface area contributed by atoms with Crippen LogP contribution in [0, 0.1) is 20.8 Å². The molecule has 0 aliphatic heterocycles. The molecule has 28 heavy (non-hydrogen) atoms. The Morgan fingerprint density at radius 2 is 1.46 bits per heavy atom. The molecule has 0 unspecified atom stereocenters. The molecule has 1 N–H and O–H groups in total. The lowest BCUT2D eigenvalue weighted by atomic mass is 10.0. The fourth-order valence-corrected chi connectivity index (χ4v) is 2.51. The van der Waals surface area contributed by atoms with Crippen LogP contribution in [0.3, 0.4) is 0 Å². The zero-order valence-corrected chi connectivity index (χ0v) is 15.8. The van der Waals surface area contributed by atoms with Gasteiger partial charge in [0.05, 0.1) is 5.56 Å². The van der Waals surface area contributed by atoms with E-state index in [1.807, 2.05) is 19.9 Å². The SMILES string of the molecule is Cc1cc(C)c(C)c(C(=O)Oc2ccc(OC(=O)C(F)(F)S(=O)(=O)O)cc2)c1. The minimum Gasteiger partial charge on any atom is -0.423 e. The summed E-state index contributed by atoms with van der Waals surface area (Å²) in [4.78, 5) is 23.6. The molecule has 7 nitrogen and oxygen atoms in total. The Hall–Kier alpha value is -2.85. The number of carbonyl (C=O) groups excluding carboxylic acids is 2. The molecule has 0 fully saturated rings. The number of aryl methyl sites for hydroxylation is 2. The number of esters is 2. The second kappa shape index (κ2) is 7.64. The molecule has 2 aromatic rings. The molecule has 2 rings (SSSR count). The molecular weight excluding hydrogens is 398 g/mol. The lowest BCUT2D eigenvalue weighted by Crippen LogP contribution is -2.40. The van der Waals surface area contributed by atoms with E-state index >= 15 is 0 Å². The Balaban J connectivity index is 2.13. The van der Waals surface area contributed by atoms with Crippen molar-refractivity contribution in [2.75, 3.05) is 0 Å². The van der Waals surface area contributed by atoms with Gasteiger partial charge in [-0.05, 0) is 67.8 Å². The molecule has 0 bridgehead atoms. The van der Waals surface area contributed by atoms with Crippen LogP contribution in [0.4, 0.5) is 8.78 Å². The highest BCUT2D eigenvalue weighted by atomic mass is 32.2.